The first-order valence-electron chi connectivity index (χ1n) is 6.32. The molecule has 0 radical (unpaired) electrons. The van der Waals surface area contributed by atoms with Gasteiger partial charge in [-0.05, 0) is 30.7 Å². The molecule has 3 aromatic rings. The molecule has 2 aromatic carbocycles. The number of aryl methyl sites for hydroxylation is 1. The normalized spacial score (nSPS) is 10.7. The van der Waals surface area contributed by atoms with Crippen molar-refractivity contribution in [3.8, 4) is 0 Å². The van der Waals surface area contributed by atoms with Gasteiger partial charge in [-0.2, -0.15) is 0 Å². The number of halogens is 1. The number of aromatic nitrogens is 1. The topological polar surface area (TPSA) is 50.9 Å². The summed E-state index contributed by atoms with van der Waals surface area (Å²) >= 11 is 0. The van der Waals surface area contributed by atoms with Gasteiger partial charge in [0.15, 0.2) is 0 Å². The summed E-state index contributed by atoms with van der Waals surface area (Å²) in [5.41, 5.74) is 8.21. The highest BCUT2D eigenvalue weighted by atomic mass is 19.1. The van der Waals surface area contributed by atoms with E-state index in [-0.39, 0.29) is 5.82 Å². The summed E-state index contributed by atoms with van der Waals surface area (Å²) in [4.78, 5) is 4.28. The minimum absolute atomic E-state index is 0.314. The van der Waals surface area contributed by atoms with Gasteiger partial charge >= 0.3 is 0 Å². The number of nitrogens with two attached hydrogens (primary N) is 1. The van der Waals surface area contributed by atoms with E-state index in [4.69, 9.17) is 5.73 Å². The van der Waals surface area contributed by atoms with Crippen molar-refractivity contribution in [1.29, 1.82) is 0 Å². The molecule has 100 valence electrons. The maximum atomic E-state index is 13.7. The third kappa shape index (κ3) is 2.05. The van der Waals surface area contributed by atoms with Crippen LogP contribution in [0.1, 0.15) is 5.56 Å². The summed E-state index contributed by atoms with van der Waals surface area (Å²) in [6.07, 6.45) is 1.67. The van der Waals surface area contributed by atoms with Crippen LogP contribution in [0.25, 0.3) is 10.8 Å². The Bertz CT molecular complexity index is 784. The van der Waals surface area contributed by atoms with Gasteiger partial charge in [-0.25, -0.2) is 9.37 Å². The van der Waals surface area contributed by atoms with Crippen LogP contribution in [-0.4, -0.2) is 4.98 Å². The molecule has 0 fully saturated rings. The Balaban J connectivity index is 2.13. The van der Waals surface area contributed by atoms with E-state index in [2.05, 4.69) is 10.3 Å². The quantitative estimate of drug-likeness (QED) is 0.690. The fourth-order valence-electron chi connectivity index (χ4n) is 2.18. The van der Waals surface area contributed by atoms with Crippen molar-refractivity contribution in [2.45, 2.75) is 6.92 Å². The van der Waals surface area contributed by atoms with E-state index in [1.807, 2.05) is 25.1 Å². The molecule has 0 saturated carbocycles. The number of nitrogens with one attached hydrogen (secondary N) is 1. The summed E-state index contributed by atoms with van der Waals surface area (Å²) in [5.74, 6) is 0.283. The zero-order valence-electron chi connectivity index (χ0n) is 11.0. The number of rotatable bonds is 2. The molecule has 0 spiro atoms. The Hall–Kier alpha value is -2.62. The highest BCUT2D eigenvalue weighted by Crippen LogP contribution is 2.30. The molecule has 0 aliphatic carbocycles. The molecule has 1 heterocycles. The first-order chi connectivity index (χ1) is 9.66. The van der Waals surface area contributed by atoms with Crippen LogP contribution in [0, 0.1) is 12.7 Å². The number of fused-ring (bicyclic) bond motifs is 1. The van der Waals surface area contributed by atoms with Gasteiger partial charge in [0, 0.05) is 22.7 Å². The lowest BCUT2D eigenvalue weighted by Crippen LogP contribution is -1.98. The zero-order valence-corrected chi connectivity index (χ0v) is 11.0. The van der Waals surface area contributed by atoms with Gasteiger partial charge in [-0.3, -0.25) is 0 Å². The van der Waals surface area contributed by atoms with Crippen molar-refractivity contribution < 1.29 is 4.39 Å². The summed E-state index contributed by atoms with van der Waals surface area (Å²) in [5, 5.41) is 4.81. The molecule has 20 heavy (non-hydrogen) atoms. The Kier molecular flexibility index (Phi) is 2.99. The third-order valence-corrected chi connectivity index (χ3v) is 3.33. The molecule has 3 N–H and O–H groups in total. The van der Waals surface area contributed by atoms with Gasteiger partial charge in [0.25, 0.3) is 0 Å². The molecular weight excluding hydrogens is 253 g/mol. The summed E-state index contributed by atoms with van der Waals surface area (Å²) in [7, 11) is 0. The van der Waals surface area contributed by atoms with E-state index in [1.165, 1.54) is 6.07 Å². The average molecular weight is 267 g/mol. The second kappa shape index (κ2) is 4.81. The van der Waals surface area contributed by atoms with Gasteiger partial charge in [-0.1, -0.05) is 24.3 Å². The van der Waals surface area contributed by atoms with Crippen LogP contribution >= 0.6 is 0 Å². The molecule has 4 heteroatoms. The maximum absolute atomic E-state index is 13.7. The van der Waals surface area contributed by atoms with Gasteiger partial charge < -0.3 is 11.1 Å². The molecule has 0 atom stereocenters. The molecule has 3 nitrogen and oxygen atoms in total. The van der Waals surface area contributed by atoms with Crippen LogP contribution < -0.4 is 11.1 Å². The van der Waals surface area contributed by atoms with E-state index >= 15 is 0 Å². The highest BCUT2D eigenvalue weighted by Gasteiger charge is 2.08. The Morgan fingerprint density at radius 3 is 2.65 bits per heavy atom. The first-order valence-corrected chi connectivity index (χ1v) is 6.32. The summed E-state index contributed by atoms with van der Waals surface area (Å²) in [6, 6.07) is 12.3. The number of pyridine rings is 1. The lowest BCUT2D eigenvalue weighted by molar-refractivity contribution is 0.632. The predicted octanol–water partition coefficient (Wildman–Crippen LogP) is 4.01. The SMILES string of the molecule is Cc1ccc2c(Nc3ccccc3F)nccc2c1N. The molecule has 3 rings (SSSR count). The Morgan fingerprint density at radius 1 is 1.05 bits per heavy atom. The lowest BCUT2D eigenvalue weighted by atomic mass is 10.1. The molecule has 0 bridgehead atoms. The molecular formula is C16H14FN3. The fraction of sp³-hybridized carbons (Fsp3) is 0.0625. The fourth-order valence-corrected chi connectivity index (χ4v) is 2.18. The van der Waals surface area contributed by atoms with E-state index in [0.717, 1.165) is 22.0 Å². The number of para-hydroxylation sites is 1. The lowest BCUT2D eigenvalue weighted by Gasteiger charge is -2.11. The molecule has 0 amide bonds. The van der Waals surface area contributed by atoms with Gasteiger partial charge in [-0.15, -0.1) is 0 Å². The number of nitrogen functional groups attached to an aromatic ring is 1. The van der Waals surface area contributed by atoms with Crippen LogP contribution in [0.3, 0.4) is 0 Å². The molecule has 0 saturated heterocycles. The van der Waals surface area contributed by atoms with Gasteiger partial charge in [0.1, 0.15) is 11.6 Å². The number of nitrogens with zero attached hydrogens (tertiary/aromatic N) is 1. The predicted molar refractivity (Wildman–Crippen MR) is 80.6 cm³/mol. The first kappa shape index (κ1) is 12.4. The van der Waals surface area contributed by atoms with Crippen LogP contribution in [0.15, 0.2) is 48.7 Å². The van der Waals surface area contributed by atoms with Crippen LogP contribution in [0.2, 0.25) is 0 Å². The molecule has 0 aliphatic rings. The number of anilines is 3. The summed E-state index contributed by atoms with van der Waals surface area (Å²) < 4.78 is 13.7. The smallest absolute Gasteiger partial charge is 0.146 e. The van der Waals surface area contributed by atoms with Crippen molar-refractivity contribution in [3.05, 3.63) is 60.0 Å². The van der Waals surface area contributed by atoms with Gasteiger partial charge in [0.05, 0.1) is 5.69 Å². The molecule has 1 aromatic heterocycles. The van der Waals surface area contributed by atoms with Crippen LogP contribution in [0.4, 0.5) is 21.6 Å². The standard InChI is InChI=1S/C16H14FN3/c1-10-6-7-12-11(15(10)18)8-9-19-16(12)20-14-5-3-2-4-13(14)17/h2-9H,18H2,1H3,(H,19,20). The van der Waals surface area contributed by atoms with Crippen LogP contribution in [0.5, 0.6) is 0 Å². The van der Waals surface area contributed by atoms with Crippen molar-refractivity contribution >= 4 is 28.0 Å². The van der Waals surface area contributed by atoms with E-state index in [9.17, 15) is 4.39 Å². The minimum atomic E-state index is -0.314. The van der Waals surface area contributed by atoms with E-state index in [0.29, 0.717) is 11.5 Å². The van der Waals surface area contributed by atoms with Gasteiger partial charge in [0.2, 0.25) is 0 Å². The second-order valence-corrected chi connectivity index (χ2v) is 4.66. The average Bonchev–Trinajstić information content (AvgIpc) is 2.46. The number of benzene rings is 2. The van der Waals surface area contributed by atoms with E-state index < -0.39 is 0 Å². The van der Waals surface area contributed by atoms with Crippen molar-refractivity contribution in [2.75, 3.05) is 11.1 Å². The van der Waals surface area contributed by atoms with E-state index in [1.54, 1.807) is 24.4 Å². The van der Waals surface area contributed by atoms with Crippen molar-refractivity contribution in [1.82, 2.24) is 4.98 Å². The van der Waals surface area contributed by atoms with Crippen molar-refractivity contribution in [2.24, 2.45) is 0 Å². The number of hydrogen-bond acceptors (Lipinski definition) is 3. The minimum Gasteiger partial charge on any atom is -0.398 e. The Labute approximate surface area is 116 Å². The molecule has 0 aliphatic heterocycles. The largest absolute Gasteiger partial charge is 0.398 e. The summed E-state index contributed by atoms with van der Waals surface area (Å²) in [6.45, 7) is 1.96. The Morgan fingerprint density at radius 2 is 1.85 bits per heavy atom. The third-order valence-electron chi connectivity index (χ3n) is 3.33. The zero-order chi connectivity index (χ0) is 14.1. The number of hydrogen-bond donors (Lipinski definition) is 2. The monoisotopic (exact) mass is 267 g/mol. The second-order valence-electron chi connectivity index (χ2n) is 4.66. The van der Waals surface area contributed by atoms with Crippen molar-refractivity contribution in [3.63, 3.8) is 0 Å². The maximum Gasteiger partial charge on any atom is 0.146 e. The highest BCUT2D eigenvalue weighted by molar-refractivity contribution is 6.01. The molecule has 0 unspecified atom stereocenters. The van der Waals surface area contributed by atoms with Crippen LogP contribution in [-0.2, 0) is 0 Å².